The summed E-state index contributed by atoms with van der Waals surface area (Å²) >= 11 is 0. The Balaban J connectivity index is 1.71. The molecule has 0 atom stereocenters. The summed E-state index contributed by atoms with van der Waals surface area (Å²) in [6.07, 6.45) is -0.775. The van der Waals surface area contributed by atoms with Crippen molar-refractivity contribution in [1.29, 1.82) is 0 Å². The van der Waals surface area contributed by atoms with Crippen LogP contribution in [0.25, 0.3) is 22.3 Å². The summed E-state index contributed by atoms with van der Waals surface area (Å²) in [6, 6.07) is 4.16. The third-order valence-electron chi connectivity index (χ3n) is 4.60. The molecule has 1 saturated heterocycles. The lowest BCUT2D eigenvalue weighted by atomic mass is 10.1. The van der Waals surface area contributed by atoms with E-state index in [4.69, 9.17) is 0 Å². The van der Waals surface area contributed by atoms with Crippen LogP contribution in [0.2, 0.25) is 0 Å². The van der Waals surface area contributed by atoms with Crippen LogP contribution >= 0.6 is 0 Å². The summed E-state index contributed by atoms with van der Waals surface area (Å²) in [6.45, 7) is 3.31. The highest BCUT2D eigenvalue weighted by atomic mass is 19.4. The Kier molecular flexibility index (Phi) is 4.03. The van der Waals surface area contributed by atoms with Gasteiger partial charge in [0, 0.05) is 31.0 Å². The first-order valence-corrected chi connectivity index (χ1v) is 8.26. The highest BCUT2D eigenvalue weighted by molar-refractivity contribution is 5.78. The predicted molar refractivity (Wildman–Crippen MR) is 89.6 cm³/mol. The molecule has 1 aliphatic heterocycles. The minimum absolute atomic E-state index is 0.268. The lowest BCUT2D eigenvalue weighted by Gasteiger charge is -2.30. The van der Waals surface area contributed by atoms with Crippen LogP contribution in [0.4, 0.5) is 13.2 Å². The number of likely N-dealkylation sites (tertiary alicyclic amines) is 1. The molecule has 1 N–H and O–H groups in total. The number of imidazole rings is 1. The molecule has 4 rings (SSSR count). The third kappa shape index (κ3) is 3.10. The number of halogens is 3. The molecule has 26 heavy (non-hydrogen) atoms. The average molecular weight is 363 g/mol. The van der Waals surface area contributed by atoms with E-state index >= 15 is 0 Å². The summed E-state index contributed by atoms with van der Waals surface area (Å²) in [7, 11) is 0. The number of nitrogens with one attached hydrogen (secondary N) is 1. The Morgan fingerprint density at radius 2 is 1.92 bits per heavy atom. The van der Waals surface area contributed by atoms with Gasteiger partial charge in [-0.2, -0.15) is 13.2 Å². The fraction of sp³-hybridized carbons (Fsp3) is 0.353. The Bertz CT molecular complexity index is 1000. The van der Waals surface area contributed by atoms with E-state index in [1.165, 1.54) is 12.3 Å². The average Bonchev–Trinajstić information content (AvgIpc) is 2.88. The fourth-order valence-corrected chi connectivity index (χ4v) is 3.03. The molecule has 3 aromatic heterocycles. The lowest BCUT2D eigenvalue weighted by Crippen LogP contribution is -2.40. The monoisotopic (exact) mass is 363 g/mol. The number of aromatic amines is 1. The summed E-state index contributed by atoms with van der Waals surface area (Å²) in [5.41, 5.74) is 0.632. The number of hydrogen-bond donors (Lipinski definition) is 1. The molecule has 0 aromatic carbocycles. The Morgan fingerprint density at radius 1 is 1.12 bits per heavy atom. The molecule has 0 saturated carbocycles. The number of rotatable bonds is 4. The first kappa shape index (κ1) is 16.8. The van der Waals surface area contributed by atoms with Crippen molar-refractivity contribution in [2.24, 2.45) is 0 Å². The standard InChI is InChI=1S/C17H16F3N5O/c18-17(19,20)14-9-11(2-3-21-14)12-8-13-15(22-10-12)23-16(26)25(13)7-6-24-4-1-5-24/h2-3,8-10H,1,4-7H2,(H,22,23,26). The summed E-state index contributed by atoms with van der Waals surface area (Å²) in [5, 5.41) is 0. The molecule has 1 fully saturated rings. The predicted octanol–water partition coefficient (Wildman–Crippen LogP) is 2.51. The Labute approximate surface area is 146 Å². The van der Waals surface area contributed by atoms with Crippen LogP contribution in [0.5, 0.6) is 0 Å². The van der Waals surface area contributed by atoms with Gasteiger partial charge in [0.2, 0.25) is 0 Å². The highest BCUT2D eigenvalue weighted by Gasteiger charge is 2.32. The minimum atomic E-state index is -4.51. The molecule has 0 radical (unpaired) electrons. The van der Waals surface area contributed by atoms with E-state index in [0.717, 1.165) is 38.3 Å². The zero-order valence-electron chi connectivity index (χ0n) is 13.8. The van der Waals surface area contributed by atoms with Crippen molar-refractivity contribution in [3.63, 3.8) is 0 Å². The van der Waals surface area contributed by atoms with E-state index in [9.17, 15) is 18.0 Å². The summed E-state index contributed by atoms with van der Waals surface area (Å²) in [4.78, 5) is 24.7. The maximum atomic E-state index is 12.9. The van der Waals surface area contributed by atoms with Crippen molar-refractivity contribution in [1.82, 2.24) is 24.4 Å². The SMILES string of the molecule is O=c1[nH]c2ncc(-c3ccnc(C(F)(F)F)c3)cc2n1CCN1CCC1. The van der Waals surface area contributed by atoms with Crippen LogP contribution in [-0.2, 0) is 12.7 Å². The molecule has 0 aliphatic carbocycles. The number of fused-ring (bicyclic) bond motifs is 1. The van der Waals surface area contributed by atoms with E-state index < -0.39 is 11.9 Å². The van der Waals surface area contributed by atoms with Crippen LogP contribution in [0, 0.1) is 0 Å². The zero-order valence-corrected chi connectivity index (χ0v) is 13.8. The first-order valence-electron chi connectivity index (χ1n) is 8.26. The topological polar surface area (TPSA) is 66.8 Å². The van der Waals surface area contributed by atoms with E-state index in [1.54, 1.807) is 10.6 Å². The minimum Gasteiger partial charge on any atom is -0.301 e. The molecule has 9 heteroatoms. The van der Waals surface area contributed by atoms with Crippen LogP contribution in [-0.4, -0.2) is 44.1 Å². The molecule has 136 valence electrons. The van der Waals surface area contributed by atoms with Gasteiger partial charge in [0.25, 0.3) is 0 Å². The molecule has 3 aromatic rings. The van der Waals surface area contributed by atoms with Crippen molar-refractivity contribution in [2.45, 2.75) is 19.1 Å². The largest absolute Gasteiger partial charge is 0.433 e. The Hall–Kier alpha value is -2.68. The molecular weight excluding hydrogens is 347 g/mol. The van der Waals surface area contributed by atoms with Crippen LogP contribution in [0.15, 0.2) is 35.4 Å². The van der Waals surface area contributed by atoms with Crippen molar-refractivity contribution >= 4 is 11.2 Å². The zero-order chi connectivity index (χ0) is 18.3. The molecule has 0 amide bonds. The van der Waals surface area contributed by atoms with Crippen LogP contribution in [0.1, 0.15) is 12.1 Å². The van der Waals surface area contributed by atoms with Crippen LogP contribution in [0.3, 0.4) is 0 Å². The fourth-order valence-electron chi connectivity index (χ4n) is 3.03. The number of H-pyrrole nitrogens is 1. The molecule has 6 nitrogen and oxygen atoms in total. The summed E-state index contributed by atoms with van der Waals surface area (Å²) in [5.74, 6) is 0. The van der Waals surface area contributed by atoms with Gasteiger partial charge in [-0.3, -0.25) is 14.5 Å². The van der Waals surface area contributed by atoms with Crippen molar-refractivity contribution in [2.75, 3.05) is 19.6 Å². The van der Waals surface area contributed by atoms with Gasteiger partial charge in [0.15, 0.2) is 5.65 Å². The Morgan fingerprint density at radius 3 is 2.62 bits per heavy atom. The molecule has 4 heterocycles. The second-order valence-electron chi connectivity index (χ2n) is 6.30. The summed E-state index contributed by atoms with van der Waals surface area (Å²) < 4.78 is 40.2. The number of nitrogens with zero attached hydrogens (tertiary/aromatic N) is 4. The van der Waals surface area contributed by atoms with E-state index in [-0.39, 0.29) is 5.69 Å². The van der Waals surface area contributed by atoms with Crippen molar-refractivity contribution < 1.29 is 13.2 Å². The maximum absolute atomic E-state index is 12.9. The van der Waals surface area contributed by atoms with E-state index in [2.05, 4.69) is 19.9 Å². The maximum Gasteiger partial charge on any atom is 0.433 e. The second kappa shape index (κ2) is 6.24. The molecular formula is C17H16F3N5O. The highest BCUT2D eigenvalue weighted by Crippen LogP contribution is 2.30. The number of pyridine rings is 2. The van der Waals surface area contributed by atoms with Gasteiger partial charge < -0.3 is 4.90 Å². The van der Waals surface area contributed by atoms with Gasteiger partial charge in [-0.15, -0.1) is 0 Å². The normalized spacial score (nSPS) is 15.3. The van der Waals surface area contributed by atoms with Gasteiger partial charge in [-0.1, -0.05) is 0 Å². The van der Waals surface area contributed by atoms with Gasteiger partial charge in [-0.25, -0.2) is 9.78 Å². The smallest absolute Gasteiger partial charge is 0.301 e. The number of aromatic nitrogens is 4. The van der Waals surface area contributed by atoms with Gasteiger partial charge in [-0.05, 0) is 43.3 Å². The van der Waals surface area contributed by atoms with Gasteiger partial charge >= 0.3 is 11.9 Å². The van der Waals surface area contributed by atoms with Crippen LogP contribution < -0.4 is 5.69 Å². The van der Waals surface area contributed by atoms with E-state index in [0.29, 0.717) is 28.8 Å². The van der Waals surface area contributed by atoms with Crippen molar-refractivity contribution in [3.8, 4) is 11.1 Å². The quantitative estimate of drug-likeness (QED) is 0.774. The number of hydrogen-bond acceptors (Lipinski definition) is 4. The molecule has 0 spiro atoms. The first-order chi connectivity index (χ1) is 12.4. The van der Waals surface area contributed by atoms with Crippen molar-refractivity contribution in [3.05, 3.63) is 46.8 Å². The third-order valence-corrected chi connectivity index (χ3v) is 4.60. The van der Waals surface area contributed by atoms with Gasteiger partial charge in [0.1, 0.15) is 5.69 Å². The molecule has 0 unspecified atom stereocenters. The second-order valence-corrected chi connectivity index (χ2v) is 6.30. The van der Waals surface area contributed by atoms with Gasteiger partial charge in [0.05, 0.1) is 5.52 Å². The molecule has 0 bridgehead atoms. The lowest BCUT2D eigenvalue weighted by molar-refractivity contribution is -0.141. The number of alkyl halides is 3. The molecule has 1 aliphatic rings. The van der Waals surface area contributed by atoms with E-state index in [1.807, 2.05) is 0 Å².